The Morgan fingerprint density at radius 1 is 1.29 bits per heavy atom. The molecule has 14 heavy (non-hydrogen) atoms. The number of benzene rings is 1. The molecule has 0 atom stereocenters. The van der Waals surface area contributed by atoms with Crippen molar-refractivity contribution in [3.8, 4) is 0 Å². The molecule has 0 aromatic heterocycles. The van der Waals surface area contributed by atoms with Gasteiger partial charge in [0.05, 0.1) is 17.8 Å². The van der Waals surface area contributed by atoms with Gasteiger partial charge < -0.3 is 4.74 Å². The molecule has 1 aromatic rings. The van der Waals surface area contributed by atoms with Crippen molar-refractivity contribution in [3.63, 3.8) is 0 Å². The van der Waals surface area contributed by atoms with E-state index in [0.717, 1.165) is 11.4 Å². The SMILES string of the molecule is O=C1C/C(=N/Nc2ccccc2)CO1. The first-order chi connectivity index (χ1) is 6.84. The van der Waals surface area contributed by atoms with Crippen LogP contribution < -0.4 is 5.43 Å². The van der Waals surface area contributed by atoms with Gasteiger partial charge in [0, 0.05) is 0 Å². The first-order valence-electron chi connectivity index (χ1n) is 4.37. The van der Waals surface area contributed by atoms with E-state index in [2.05, 4.69) is 10.5 Å². The maximum absolute atomic E-state index is 10.7. The van der Waals surface area contributed by atoms with Crippen LogP contribution in [0, 0.1) is 0 Å². The van der Waals surface area contributed by atoms with E-state index in [1.165, 1.54) is 0 Å². The molecule has 2 rings (SSSR count). The normalized spacial score (nSPS) is 18.3. The first kappa shape index (κ1) is 8.74. The number of carbonyl (C=O) groups is 1. The van der Waals surface area contributed by atoms with Gasteiger partial charge in [-0.3, -0.25) is 10.2 Å². The molecule has 4 heteroatoms. The minimum Gasteiger partial charge on any atom is -0.459 e. The smallest absolute Gasteiger partial charge is 0.312 e. The summed E-state index contributed by atoms with van der Waals surface area (Å²) in [5, 5.41) is 4.06. The number of para-hydroxylation sites is 1. The summed E-state index contributed by atoms with van der Waals surface area (Å²) in [6, 6.07) is 9.57. The predicted molar refractivity (Wildman–Crippen MR) is 53.1 cm³/mol. The topological polar surface area (TPSA) is 50.7 Å². The summed E-state index contributed by atoms with van der Waals surface area (Å²) in [6.45, 7) is 0.304. The number of carbonyl (C=O) groups excluding carboxylic acids is 1. The average Bonchev–Trinajstić information content (AvgIpc) is 2.63. The first-order valence-corrected chi connectivity index (χ1v) is 4.37. The molecule has 1 aliphatic heterocycles. The monoisotopic (exact) mass is 190 g/mol. The summed E-state index contributed by atoms with van der Waals surface area (Å²) in [5.41, 5.74) is 4.50. The van der Waals surface area contributed by atoms with Crippen LogP contribution in [-0.4, -0.2) is 18.3 Å². The van der Waals surface area contributed by atoms with Crippen LogP contribution in [0.5, 0.6) is 0 Å². The minimum absolute atomic E-state index is 0.210. The number of rotatable bonds is 2. The van der Waals surface area contributed by atoms with Gasteiger partial charge in [0.25, 0.3) is 0 Å². The lowest BCUT2D eigenvalue weighted by Crippen LogP contribution is -2.00. The Morgan fingerprint density at radius 2 is 2.07 bits per heavy atom. The fraction of sp³-hybridized carbons (Fsp3) is 0.200. The third-order valence-electron chi connectivity index (χ3n) is 1.87. The molecule has 1 aromatic carbocycles. The van der Waals surface area contributed by atoms with Crippen molar-refractivity contribution in [2.45, 2.75) is 6.42 Å². The zero-order valence-electron chi connectivity index (χ0n) is 7.56. The molecule has 0 bridgehead atoms. The molecule has 0 amide bonds. The largest absolute Gasteiger partial charge is 0.459 e. The van der Waals surface area contributed by atoms with Gasteiger partial charge in [0.2, 0.25) is 0 Å². The lowest BCUT2D eigenvalue weighted by Gasteiger charge is -1.99. The standard InChI is InChI=1S/C10H10N2O2/c13-10-6-9(7-14-10)12-11-8-4-2-1-3-5-8/h1-5,11H,6-7H2/b12-9-. The van der Waals surface area contributed by atoms with E-state index in [-0.39, 0.29) is 5.97 Å². The van der Waals surface area contributed by atoms with Crippen LogP contribution in [0.3, 0.4) is 0 Å². The molecule has 1 saturated heterocycles. The van der Waals surface area contributed by atoms with Gasteiger partial charge in [-0.15, -0.1) is 0 Å². The minimum atomic E-state index is -0.210. The lowest BCUT2D eigenvalue weighted by molar-refractivity contribution is -0.137. The fourth-order valence-corrected chi connectivity index (χ4v) is 1.16. The van der Waals surface area contributed by atoms with E-state index in [1.54, 1.807) is 0 Å². The summed E-state index contributed by atoms with van der Waals surface area (Å²) in [7, 11) is 0. The highest BCUT2D eigenvalue weighted by Crippen LogP contribution is 2.07. The van der Waals surface area contributed by atoms with Gasteiger partial charge >= 0.3 is 5.97 Å². The molecular weight excluding hydrogens is 180 g/mol. The van der Waals surface area contributed by atoms with Crippen molar-refractivity contribution in [2.24, 2.45) is 5.10 Å². The number of hydrogen-bond acceptors (Lipinski definition) is 4. The van der Waals surface area contributed by atoms with Crippen LogP contribution in [0.1, 0.15) is 6.42 Å². The Balaban J connectivity index is 1.97. The maximum Gasteiger partial charge on any atom is 0.312 e. The van der Waals surface area contributed by atoms with Gasteiger partial charge in [0.1, 0.15) is 6.61 Å². The third kappa shape index (κ3) is 2.10. The molecule has 0 radical (unpaired) electrons. The zero-order valence-corrected chi connectivity index (χ0v) is 7.56. The number of esters is 1. The second kappa shape index (κ2) is 3.91. The molecule has 0 spiro atoms. The Kier molecular flexibility index (Phi) is 2.44. The highest BCUT2D eigenvalue weighted by atomic mass is 16.5. The van der Waals surface area contributed by atoms with Crippen LogP contribution in [-0.2, 0) is 9.53 Å². The summed E-state index contributed by atoms with van der Waals surface area (Å²) >= 11 is 0. The van der Waals surface area contributed by atoms with Crippen LogP contribution >= 0.6 is 0 Å². The van der Waals surface area contributed by atoms with Crippen molar-refractivity contribution in [3.05, 3.63) is 30.3 Å². The predicted octanol–water partition coefficient (Wildman–Crippen LogP) is 1.40. The Hall–Kier alpha value is -1.84. The number of anilines is 1. The second-order valence-electron chi connectivity index (χ2n) is 2.99. The molecule has 0 unspecified atom stereocenters. The molecule has 1 N–H and O–H groups in total. The van der Waals surface area contributed by atoms with E-state index >= 15 is 0 Å². The molecule has 1 heterocycles. The van der Waals surface area contributed by atoms with Crippen molar-refractivity contribution in [2.75, 3.05) is 12.0 Å². The van der Waals surface area contributed by atoms with Gasteiger partial charge in [-0.2, -0.15) is 5.10 Å². The van der Waals surface area contributed by atoms with Gasteiger partial charge in [-0.1, -0.05) is 18.2 Å². The van der Waals surface area contributed by atoms with Gasteiger partial charge in [-0.05, 0) is 12.1 Å². The van der Waals surface area contributed by atoms with Crippen LogP contribution in [0.15, 0.2) is 35.4 Å². The molecule has 0 saturated carbocycles. The molecule has 4 nitrogen and oxygen atoms in total. The Labute approximate surface area is 81.6 Å². The van der Waals surface area contributed by atoms with Crippen molar-refractivity contribution in [1.29, 1.82) is 0 Å². The molecule has 0 aliphatic carbocycles. The average molecular weight is 190 g/mol. The zero-order chi connectivity index (χ0) is 9.80. The maximum atomic E-state index is 10.7. The van der Waals surface area contributed by atoms with Crippen molar-refractivity contribution in [1.82, 2.24) is 0 Å². The van der Waals surface area contributed by atoms with Crippen LogP contribution in [0.25, 0.3) is 0 Å². The summed E-state index contributed by atoms with van der Waals surface area (Å²) < 4.78 is 4.74. The van der Waals surface area contributed by atoms with Crippen LogP contribution in [0.2, 0.25) is 0 Å². The molecule has 1 aliphatic rings. The van der Waals surface area contributed by atoms with E-state index in [9.17, 15) is 4.79 Å². The number of nitrogens with zero attached hydrogens (tertiary/aromatic N) is 1. The second-order valence-corrected chi connectivity index (χ2v) is 2.99. The Bertz CT molecular complexity index is 360. The number of nitrogens with one attached hydrogen (secondary N) is 1. The van der Waals surface area contributed by atoms with Gasteiger partial charge in [0.15, 0.2) is 0 Å². The van der Waals surface area contributed by atoms with E-state index < -0.39 is 0 Å². The summed E-state index contributed by atoms with van der Waals surface area (Å²) in [5.74, 6) is -0.210. The number of hydrogen-bond donors (Lipinski definition) is 1. The van der Waals surface area contributed by atoms with Gasteiger partial charge in [-0.25, -0.2) is 0 Å². The molecular formula is C10H10N2O2. The Morgan fingerprint density at radius 3 is 2.71 bits per heavy atom. The number of cyclic esters (lactones) is 1. The highest BCUT2D eigenvalue weighted by molar-refractivity contribution is 6.04. The fourth-order valence-electron chi connectivity index (χ4n) is 1.16. The number of ether oxygens (including phenoxy) is 1. The molecule has 72 valence electrons. The van der Waals surface area contributed by atoms with E-state index in [0.29, 0.717) is 13.0 Å². The van der Waals surface area contributed by atoms with Crippen molar-refractivity contribution >= 4 is 17.4 Å². The number of hydrazone groups is 1. The highest BCUT2D eigenvalue weighted by Gasteiger charge is 2.17. The van der Waals surface area contributed by atoms with Crippen molar-refractivity contribution < 1.29 is 9.53 Å². The quantitative estimate of drug-likeness (QED) is 0.566. The van der Waals surface area contributed by atoms with E-state index in [4.69, 9.17) is 4.74 Å². The van der Waals surface area contributed by atoms with Crippen LogP contribution in [0.4, 0.5) is 5.69 Å². The third-order valence-corrected chi connectivity index (χ3v) is 1.87. The van der Waals surface area contributed by atoms with E-state index in [1.807, 2.05) is 30.3 Å². The summed E-state index contributed by atoms with van der Waals surface area (Å²) in [6.07, 6.45) is 0.292. The lowest BCUT2D eigenvalue weighted by atomic mass is 10.3. The summed E-state index contributed by atoms with van der Waals surface area (Å²) in [4.78, 5) is 10.7. The molecule has 1 fully saturated rings.